The van der Waals surface area contributed by atoms with Crippen LogP contribution in [0.25, 0.3) is 0 Å². The monoisotopic (exact) mass is 210 g/mol. The Morgan fingerprint density at radius 2 is 1.73 bits per heavy atom. The highest BCUT2D eigenvalue weighted by atomic mass is 16.7. The van der Waals surface area contributed by atoms with Crippen molar-refractivity contribution in [2.45, 2.75) is 51.7 Å². The average molecular weight is 210 g/mol. The zero-order valence-electron chi connectivity index (χ0n) is 10.0. The molecule has 2 aliphatic heterocycles. The van der Waals surface area contributed by atoms with E-state index in [1.54, 1.807) is 6.26 Å². The third-order valence-electron chi connectivity index (χ3n) is 3.52. The minimum Gasteiger partial charge on any atom is -0.502 e. The third kappa shape index (κ3) is 1.93. The molecule has 0 aromatic heterocycles. The molecule has 0 aromatic rings. The summed E-state index contributed by atoms with van der Waals surface area (Å²) in [6.45, 7) is 9.08. The molecule has 15 heavy (non-hydrogen) atoms. The van der Waals surface area contributed by atoms with Crippen molar-refractivity contribution >= 4 is 7.12 Å². The Labute approximate surface area is 91.9 Å². The van der Waals surface area contributed by atoms with Crippen LogP contribution in [0.1, 0.15) is 40.5 Å². The first-order valence-corrected chi connectivity index (χ1v) is 5.58. The standard InChI is InChI=1S/C11H19BO3/c1-10(2)11(3,4)15-12(14-10)9-6-5-7-13-8-9/h8H,5-7H2,1-4H3. The van der Waals surface area contributed by atoms with Gasteiger partial charge in [-0.15, -0.1) is 0 Å². The lowest BCUT2D eigenvalue weighted by molar-refractivity contribution is 0.00578. The SMILES string of the molecule is CC1(C)OB(C2=COCCC2)OC1(C)C. The molecule has 1 fully saturated rings. The lowest BCUT2D eigenvalue weighted by Crippen LogP contribution is -2.41. The van der Waals surface area contributed by atoms with Crippen molar-refractivity contribution in [2.24, 2.45) is 0 Å². The van der Waals surface area contributed by atoms with Crippen LogP contribution in [0.4, 0.5) is 0 Å². The van der Waals surface area contributed by atoms with Gasteiger partial charge in [-0.2, -0.15) is 0 Å². The molecule has 4 heteroatoms. The second-order valence-corrected chi connectivity index (χ2v) is 5.26. The first-order chi connectivity index (χ1) is 6.92. The van der Waals surface area contributed by atoms with Crippen molar-refractivity contribution in [3.05, 3.63) is 11.7 Å². The Morgan fingerprint density at radius 1 is 1.13 bits per heavy atom. The van der Waals surface area contributed by atoms with Crippen LogP contribution in [0.5, 0.6) is 0 Å². The Bertz CT molecular complexity index is 268. The molecule has 0 radical (unpaired) electrons. The van der Waals surface area contributed by atoms with Gasteiger partial charge in [0, 0.05) is 0 Å². The second kappa shape index (κ2) is 3.53. The zero-order chi connectivity index (χ0) is 11.1. The molecule has 0 saturated carbocycles. The fourth-order valence-electron chi connectivity index (χ4n) is 1.75. The molecule has 2 aliphatic rings. The van der Waals surface area contributed by atoms with Crippen LogP contribution < -0.4 is 0 Å². The maximum absolute atomic E-state index is 5.93. The van der Waals surface area contributed by atoms with Crippen LogP contribution in [0.3, 0.4) is 0 Å². The Kier molecular flexibility index (Phi) is 2.59. The van der Waals surface area contributed by atoms with E-state index in [0.717, 1.165) is 24.9 Å². The van der Waals surface area contributed by atoms with Crippen LogP contribution in [-0.4, -0.2) is 24.9 Å². The number of hydrogen-bond acceptors (Lipinski definition) is 3. The molecular formula is C11H19BO3. The van der Waals surface area contributed by atoms with Crippen LogP contribution in [0.15, 0.2) is 11.7 Å². The topological polar surface area (TPSA) is 27.7 Å². The molecule has 0 amide bonds. The van der Waals surface area contributed by atoms with Crippen LogP contribution in [0, 0.1) is 0 Å². The lowest BCUT2D eigenvalue weighted by atomic mass is 9.76. The van der Waals surface area contributed by atoms with Crippen molar-refractivity contribution in [2.75, 3.05) is 6.61 Å². The van der Waals surface area contributed by atoms with Gasteiger partial charge in [-0.05, 0) is 46.0 Å². The fourth-order valence-corrected chi connectivity index (χ4v) is 1.75. The summed E-state index contributed by atoms with van der Waals surface area (Å²) in [5.74, 6) is 0. The van der Waals surface area contributed by atoms with E-state index in [4.69, 9.17) is 14.0 Å². The molecule has 84 valence electrons. The van der Waals surface area contributed by atoms with Crippen LogP contribution in [0.2, 0.25) is 0 Å². The molecule has 2 rings (SSSR count). The summed E-state index contributed by atoms with van der Waals surface area (Å²) in [5, 5.41) is 0. The largest absolute Gasteiger partial charge is 0.502 e. The van der Waals surface area contributed by atoms with Gasteiger partial charge in [0.25, 0.3) is 0 Å². The molecule has 0 unspecified atom stereocenters. The third-order valence-corrected chi connectivity index (χ3v) is 3.52. The van der Waals surface area contributed by atoms with Gasteiger partial charge in [0.15, 0.2) is 0 Å². The first-order valence-electron chi connectivity index (χ1n) is 5.58. The summed E-state index contributed by atoms with van der Waals surface area (Å²) in [4.78, 5) is 0. The summed E-state index contributed by atoms with van der Waals surface area (Å²) in [7, 11) is -0.227. The van der Waals surface area contributed by atoms with E-state index in [1.807, 2.05) is 0 Å². The molecule has 1 saturated heterocycles. The maximum atomic E-state index is 5.93. The molecule has 0 bridgehead atoms. The van der Waals surface area contributed by atoms with Gasteiger partial charge in [0.2, 0.25) is 0 Å². The van der Waals surface area contributed by atoms with Gasteiger partial charge >= 0.3 is 7.12 Å². The maximum Gasteiger partial charge on any atom is 0.493 e. The van der Waals surface area contributed by atoms with Crippen molar-refractivity contribution in [1.82, 2.24) is 0 Å². The van der Waals surface area contributed by atoms with Crippen molar-refractivity contribution in [3.8, 4) is 0 Å². The van der Waals surface area contributed by atoms with Crippen LogP contribution >= 0.6 is 0 Å². The summed E-state index contributed by atoms with van der Waals surface area (Å²) >= 11 is 0. The van der Waals surface area contributed by atoms with Gasteiger partial charge in [0.1, 0.15) is 0 Å². The molecule has 0 atom stereocenters. The highest BCUT2D eigenvalue weighted by Gasteiger charge is 2.52. The van der Waals surface area contributed by atoms with Gasteiger partial charge < -0.3 is 14.0 Å². The lowest BCUT2D eigenvalue weighted by Gasteiger charge is -2.32. The second-order valence-electron chi connectivity index (χ2n) is 5.26. The van der Waals surface area contributed by atoms with E-state index >= 15 is 0 Å². The first kappa shape index (κ1) is 11.0. The van der Waals surface area contributed by atoms with E-state index < -0.39 is 0 Å². The highest BCUT2D eigenvalue weighted by molar-refractivity contribution is 6.54. The van der Waals surface area contributed by atoms with E-state index in [1.165, 1.54) is 0 Å². The number of ether oxygens (including phenoxy) is 1. The van der Waals surface area contributed by atoms with Crippen molar-refractivity contribution in [1.29, 1.82) is 0 Å². The van der Waals surface area contributed by atoms with E-state index in [9.17, 15) is 0 Å². The Hall–Kier alpha value is -0.475. The van der Waals surface area contributed by atoms with Gasteiger partial charge in [-0.1, -0.05) is 0 Å². The summed E-state index contributed by atoms with van der Waals surface area (Å²) in [6.07, 6.45) is 3.86. The molecule has 2 heterocycles. The molecule has 3 nitrogen and oxygen atoms in total. The predicted molar refractivity (Wildman–Crippen MR) is 59.4 cm³/mol. The summed E-state index contributed by atoms with van der Waals surface area (Å²) in [5.41, 5.74) is 0.617. The number of hydrogen-bond donors (Lipinski definition) is 0. The van der Waals surface area contributed by atoms with E-state index in [0.29, 0.717) is 0 Å². The Balaban J connectivity index is 2.12. The van der Waals surface area contributed by atoms with Gasteiger partial charge in [-0.25, -0.2) is 0 Å². The minimum atomic E-state index is -0.254. The molecule has 0 spiro atoms. The van der Waals surface area contributed by atoms with Gasteiger partial charge in [-0.3, -0.25) is 0 Å². The van der Waals surface area contributed by atoms with Crippen molar-refractivity contribution < 1.29 is 14.0 Å². The molecule has 0 aromatic carbocycles. The predicted octanol–water partition coefficient (Wildman–Crippen LogP) is 2.31. The quantitative estimate of drug-likeness (QED) is 0.621. The number of rotatable bonds is 1. The van der Waals surface area contributed by atoms with Crippen LogP contribution in [-0.2, 0) is 14.0 Å². The minimum absolute atomic E-state index is 0.227. The van der Waals surface area contributed by atoms with E-state index in [-0.39, 0.29) is 18.3 Å². The highest BCUT2D eigenvalue weighted by Crippen LogP contribution is 2.39. The molecule has 0 aliphatic carbocycles. The van der Waals surface area contributed by atoms with Crippen molar-refractivity contribution in [3.63, 3.8) is 0 Å². The van der Waals surface area contributed by atoms with Gasteiger partial charge in [0.05, 0.1) is 24.1 Å². The molecule has 0 N–H and O–H groups in total. The normalized spacial score (nSPS) is 28.5. The summed E-state index contributed by atoms with van der Waals surface area (Å²) in [6, 6.07) is 0. The smallest absolute Gasteiger partial charge is 0.493 e. The zero-order valence-corrected chi connectivity index (χ0v) is 10.0. The summed E-state index contributed by atoms with van der Waals surface area (Å²) < 4.78 is 17.2. The fraction of sp³-hybridized carbons (Fsp3) is 0.818. The van der Waals surface area contributed by atoms with E-state index in [2.05, 4.69) is 27.7 Å². The average Bonchev–Trinajstić information content (AvgIpc) is 2.38. The Morgan fingerprint density at radius 3 is 2.20 bits per heavy atom. The number of allylic oxidation sites excluding steroid dienone is 1. The molecular weight excluding hydrogens is 191 g/mol.